The van der Waals surface area contributed by atoms with E-state index in [9.17, 15) is 13.2 Å². The van der Waals surface area contributed by atoms with E-state index in [-0.39, 0.29) is 29.3 Å². The van der Waals surface area contributed by atoms with Crippen LogP contribution in [0.5, 0.6) is 0 Å². The molecule has 0 spiro atoms. The lowest BCUT2D eigenvalue weighted by atomic mass is 10.2. The number of nitrogens with one attached hydrogen (secondary N) is 3. The minimum absolute atomic E-state index is 0. The van der Waals surface area contributed by atoms with Crippen LogP contribution in [0.25, 0.3) is 0 Å². The fourth-order valence-corrected chi connectivity index (χ4v) is 4.63. The van der Waals surface area contributed by atoms with E-state index in [1.807, 2.05) is 17.8 Å². The van der Waals surface area contributed by atoms with Crippen LogP contribution in [0.3, 0.4) is 0 Å². The van der Waals surface area contributed by atoms with Crippen LogP contribution in [0.1, 0.15) is 6.42 Å². The molecule has 1 fully saturated rings. The van der Waals surface area contributed by atoms with Crippen molar-refractivity contribution in [3.05, 3.63) is 54.6 Å². The fourth-order valence-electron chi connectivity index (χ4n) is 2.62. The lowest BCUT2D eigenvalue weighted by molar-refractivity contribution is -0.116. The largest absolute Gasteiger partial charge is 0.326 e. The SMILES string of the molecule is Cl.O=C(CC1CSCCN1)Nc1ccc(S(=O)(=O)Nc2ccccc2)cc1. The monoisotopic (exact) mass is 427 g/mol. The van der Waals surface area contributed by atoms with E-state index < -0.39 is 10.0 Å². The average Bonchev–Trinajstić information content (AvgIpc) is 2.63. The Morgan fingerprint density at radius 1 is 1.07 bits per heavy atom. The smallest absolute Gasteiger partial charge is 0.261 e. The summed E-state index contributed by atoms with van der Waals surface area (Å²) < 4.78 is 27.3. The summed E-state index contributed by atoms with van der Waals surface area (Å²) >= 11 is 1.84. The van der Waals surface area contributed by atoms with Crippen molar-refractivity contribution in [3.63, 3.8) is 0 Å². The highest BCUT2D eigenvalue weighted by Crippen LogP contribution is 2.18. The highest BCUT2D eigenvalue weighted by Gasteiger charge is 2.17. The van der Waals surface area contributed by atoms with Crippen molar-refractivity contribution in [2.75, 3.05) is 28.1 Å². The molecule has 0 aromatic heterocycles. The Balaban J connectivity index is 0.00000261. The summed E-state index contributed by atoms with van der Waals surface area (Å²) in [5.41, 5.74) is 1.08. The van der Waals surface area contributed by atoms with Crippen molar-refractivity contribution in [1.29, 1.82) is 0 Å². The number of halogens is 1. The van der Waals surface area contributed by atoms with Gasteiger partial charge in [-0.1, -0.05) is 18.2 Å². The number of hydrogen-bond acceptors (Lipinski definition) is 5. The van der Waals surface area contributed by atoms with E-state index in [0.29, 0.717) is 17.8 Å². The number of amides is 1. The second-order valence-corrected chi connectivity index (χ2v) is 8.81. The van der Waals surface area contributed by atoms with Crippen LogP contribution in [0.4, 0.5) is 11.4 Å². The second-order valence-electron chi connectivity index (χ2n) is 5.97. The highest BCUT2D eigenvalue weighted by molar-refractivity contribution is 7.99. The van der Waals surface area contributed by atoms with Crippen molar-refractivity contribution in [3.8, 4) is 0 Å². The van der Waals surface area contributed by atoms with E-state index in [4.69, 9.17) is 0 Å². The molecule has 0 aliphatic carbocycles. The number of carbonyl (C=O) groups is 1. The second kappa shape index (κ2) is 9.98. The Morgan fingerprint density at radius 3 is 2.41 bits per heavy atom. The van der Waals surface area contributed by atoms with E-state index >= 15 is 0 Å². The predicted molar refractivity (Wildman–Crippen MR) is 113 cm³/mol. The molecule has 1 atom stereocenters. The molecule has 1 aliphatic rings. The van der Waals surface area contributed by atoms with Gasteiger partial charge in [-0.05, 0) is 36.4 Å². The maximum atomic E-state index is 12.4. The Bertz CT molecular complexity index is 840. The standard InChI is InChI=1S/C18H21N3O3S2.ClH/c22-18(12-16-13-25-11-10-19-16)20-14-6-8-17(9-7-14)26(23,24)21-15-4-2-1-3-5-15;/h1-9,16,19,21H,10-13H2,(H,20,22);1H. The molecule has 6 nitrogen and oxygen atoms in total. The molecular weight excluding hydrogens is 406 g/mol. The normalized spacial score (nSPS) is 16.8. The molecular formula is C18H22ClN3O3S2. The zero-order valence-electron chi connectivity index (χ0n) is 14.6. The summed E-state index contributed by atoms with van der Waals surface area (Å²) in [6.07, 6.45) is 0.405. The van der Waals surface area contributed by atoms with Crippen molar-refractivity contribution in [2.45, 2.75) is 17.4 Å². The molecule has 9 heteroatoms. The van der Waals surface area contributed by atoms with Gasteiger partial charge in [0, 0.05) is 41.9 Å². The Morgan fingerprint density at radius 2 is 1.78 bits per heavy atom. The zero-order chi connectivity index (χ0) is 18.4. The summed E-state index contributed by atoms with van der Waals surface area (Å²) in [5, 5.41) is 6.13. The minimum Gasteiger partial charge on any atom is -0.326 e. The first-order valence-corrected chi connectivity index (χ1v) is 11.0. The summed E-state index contributed by atoms with van der Waals surface area (Å²) in [7, 11) is -3.66. The average molecular weight is 428 g/mol. The van der Waals surface area contributed by atoms with Crippen LogP contribution in [0.2, 0.25) is 0 Å². The Hall–Kier alpha value is -1.74. The van der Waals surface area contributed by atoms with E-state index in [1.54, 1.807) is 36.4 Å². The van der Waals surface area contributed by atoms with E-state index in [2.05, 4.69) is 15.4 Å². The molecule has 3 rings (SSSR count). The van der Waals surface area contributed by atoms with Crippen LogP contribution in [-0.4, -0.2) is 38.4 Å². The molecule has 1 unspecified atom stereocenters. The molecule has 146 valence electrons. The molecule has 1 saturated heterocycles. The number of benzene rings is 2. The van der Waals surface area contributed by atoms with Crippen molar-refractivity contribution in [1.82, 2.24) is 5.32 Å². The molecule has 0 saturated carbocycles. The van der Waals surface area contributed by atoms with Crippen LogP contribution >= 0.6 is 24.2 Å². The van der Waals surface area contributed by atoms with Crippen LogP contribution in [0.15, 0.2) is 59.5 Å². The van der Waals surface area contributed by atoms with Gasteiger partial charge in [0.2, 0.25) is 5.91 Å². The topological polar surface area (TPSA) is 87.3 Å². The van der Waals surface area contributed by atoms with Gasteiger partial charge in [-0.15, -0.1) is 12.4 Å². The van der Waals surface area contributed by atoms with Gasteiger partial charge in [0.05, 0.1) is 4.90 Å². The first kappa shape index (κ1) is 21.6. The molecule has 2 aromatic carbocycles. The van der Waals surface area contributed by atoms with Crippen molar-refractivity contribution in [2.24, 2.45) is 0 Å². The number of hydrogen-bond donors (Lipinski definition) is 3. The van der Waals surface area contributed by atoms with E-state index in [1.165, 1.54) is 12.1 Å². The number of carbonyl (C=O) groups excluding carboxylic acids is 1. The third-order valence-electron chi connectivity index (χ3n) is 3.90. The van der Waals surface area contributed by atoms with Crippen LogP contribution in [0, 0.1) is 0 Å². The van der Waals surface area contributed by atoms with Gasteiger partial charge in [0.25, 0.3) is 10.0 Å². The highest BCUT2D eigenvalue weighted by atomic mass is 35.5. The van der Waals surface area contributed by atoms with Crippen LogP contribution < -0.4 is 15.4 Å². The quantitative estimate of drug-likeness (QED) is 0.659. The Kier molecular flexibility index (Phi) is 7.97. The minimum atomic E-state index is -3.66. The number of para-hydroxylation sites is 1. The summed E-state index contributed by atoms with van der Waals surface area (Å²) in [4.78, 5) is 12.3. The maximum absolute atomic E-state index is 12.4. The molecule has 1 amide bonds. The lowest BCUT2D eigenvalue weighted by Crippen LogP contribution is -2.39. The summed E-state index contributed by atoms with van der Waals surface area (Å²) in [6, 6.07) is 15.0. The molecule has 1 aliphatic heterocycles. The lowest BCUT2D eigenvalue weighted by Gasteiger charge is -2.22. The first-order valence-electron chi connectivity index (χ1n) is 8.32. The number of sulfonamides is 1. The van der Waals surface area contributed by atoms with Crippen molar-refractivity contribution < 1.29 is 13.2 Å². The van der Waals surface area contributed by atoms with Gasteiger partial charge in [-0.25, -0.2) is 8.42 Å². The number of thioether (sulfide) groups is 1. The van der Waals surface area contributed by atoms with Gasteiger partial charge in [0.15, 0.2) is 0 Å². The third-order valence-corrected chi connectivity index (χ3v) is 6.43. The number of anilines is 2. The molecule has 27 heavy (non-hydrogen) atoms. The number of rotatable bonds is 6. The molecule has 3 N–H and O–H groups in total. The molecule has 2 aromatic rings. The first-order chi connectivity index (χ1) is 12.5. The predicted octanol–water partition coefficient (Wildman–Crippen LogP) is 2.94. The third kappa shape index (κ3) is 6.42. The van der Waals surface area contributed by atoms with Gasteiger partial charge < -0.3 is 10.6 Å². The van der Waals surface area contributed by atoms with Crippen LogP contribution in [-0.2, 0) is 14.8 Å². The maximum Gasteiger partial charge on any atom is 0.261 e. The van der Waals surface area contributed by atoms with Gasteiger partial charge in [-0.2, -0.15) is 11.8 Å². The molecule has 1 heterocycles. The fraction of sp³-hybridized carbons (Fsp3) is 0.278. The molecule has 0 radical (unpaired) electrons. The Labute approximate surface area is 170 Å². The van der Waals surface area contributed by atoms with Gasteiger partial charge >= 0.3 is 0 Å². The summed E-state index contributed by atoms with van der Waals surface area (Å²) in [6.45, 7) is 0.920. The van der Waals surface area contributed by atoms with Crippen molar-refractivity contribution >= 4 is 51.5 Å². The van der Waals surface area contributed by atoms with Gasteiger partial charge in [-0.3, -0.25) is 9.52 Å². The zero-order valence-corrected chi connectivity index (χ0v) is 17.0. The molecule has 0 bridgehead atoms. The van der Waals surface area contributed by atoms with Gasteiger partial charge in [0.1, 0.15) is 0 Å². The van der Waals surface area contributed by atoms with E-state index in [0.717, 1.165) is 18.1 Å². The summed E-state index contributed by atoms with van der Waals surface area (Å²) in [5.74, 6) is 1.92.